The van der Waals surface area contributed by atoms with Gasteiger partial charge in [0.05, 0.1) is 275 Å². The molecule has 0 saturated carbocycles. The highest BCUT2D eigenvalue weighted by atomic mass is 16.6. The second-order valence-corrected chi connectivity index (χ2v) is 18.3. The van der Waals surface area contributed by atoms with E-state index >= 15 is 0 Å². The molecular weight excluding hydrogens is 1300 g/mol. The maximum Gasteiger partial charge on any atom is 0.104 e. The molecule has 0 amide bonds. The van der Waals surface area contributed by atoms with E-state index in [2.05, 4.69) is 0 Å². The summed E-state index contributed by atoms with van der Waals surface area (Å²) in [6.07, 6.45) is -6.29. The first-order chi connectivity index (χ1) is 39.9. The van der Waals surface area contributed by atoms with Gasteiger partial charge in [-0.1, -0.05) is 119 Å². The lowest BCUT2D eigenvalue weighted by Gasteiger charge is -2.37. The normalized spacial score (nSPS) is 10.5. The molecule has 0 aromatic heterocycles. The molecule has 0 atom stereocenters. The van der Waals surface area contributed by atoms with Gasteiger partial charge in [-0.2, -0.15) is 0 Å². The van der Waals surface area contributed by atoms with E-state index in [4.69, 9.17) is 75.8 Å². The SMILES string of the molecule is C.C.C.C.C.C.C.C.C.C.C.C.C.C.C.C.OCC(CO)OCC(COC(CO)CO)(COC(CO)CO)COC(CO)CO.OCCOCC(COCCO)OCC(COC(COCCO)COCCO)(COC(COCCO)COCCO)COC(COCCO)COCCO. The maximum absolute atomic E-state index is 9.26. The maximum atomic E-state index is 9.26. The van der Waals surface area contributed by atoms with Gasteiger partial charge >= 0.3 is 0 Å². The largest absolute Gasteiger partial charge is 0.394 e. The Morgan fingerprint density at radius 3 is 0.357 bits per heavy atom. The Morgan fingerprint density at radius 1 is 0.163 bits per heavy atom. The highest BCUT2D eigenvalue weighted by molar-refractivity contribution is 4.84. The number of ether oxygens (including phenoxy) is 16. The Balaban J connectivity index is -0.0000000781. The lowest BCUT2D eigenvalue weighted by Crippen LogP contribution is -2.48. The predicted octanol–water partition coefficient (Wildman–Crippen LogP) is 1.21. The Hall–Kier alpha value is -1.28. The molecule has 0 saturated heterocycles. The van der Waals surface area contributed by atoms with Crippen molar-refractivity contribution in [2.24, 2.45) is 10.8 Å². The molecule has 0 rings (SSSR count). The van der Waals surface area contributed by atoms with Crippen molar-refractivity contribution >= 4 is 0 Å². The van der Waals surface area contributed by atoms with Crippen molar-refractivity contribution in [1.82, 2.24) is 0 Å². The lowest BCUT2D eigenvalue weighted by molar-refractivity contribution is -0.183. The topological polar surface area (TPSA) is 471 Å². The highest BCUT2D eigenvalue weighted by Gasteiger charge is 2.38. The van der Waals surface area contributed by atoms with Crippen molar-refractivity contribution in [1.29, 1.82) is 0 Å². The van der Waals surface area contributed by atoms with Crippen molar-refractivity contribution in [3.8, 4) is 0 Å². The molecule has 0 fully saturated rings. The van der Waals surface area contributed by atoms with E-state index in [9.17, 15) is 81.7 Å². The molecule has 0 aromatic carbocycles. The molecule has 624 valence electrons. The minimum absolute atomic E-state index is 0. The number of hydrogen-bond donors (Lipinski definition) is 16. The molecule has 98 heavy (non-hydrogen) atoms. The van der Waals surface area contributed by atoms with Crippen LogP contribution in [0.2, 0.25) is 0 Å². The van der Waals surface area contributed by atoms with Gasteiger partial charge in [0.25, 0.3) is 0 Å². The van der Waals surface area contributed by atoms with Gasteiger partial charge in [-0.15, -0.1) is 0 Å². The Morgan fingerprint density at radius 2 is 0.265 bits per heavy atom. The fourth-order valence-electron chi connectivity index (χ4n) is 6.32. The first-order valence-electron chi connectivity index (χ1n) is 27.2. The summed E-state index contributed by atoms with van der Waals surface area (Å²) >= 11 is 0. The van der Waals surface area contributed by atoms with E-state index in [1.54, 1.807) is 0 Å². The van der Waals surface area contributed by atoms with Crippen LogP contribution in [0.1, 0.15) is 119 Å². The minimum Gasteiger partial charge on any atom is -0.394 e. The summed E-state index contributed by atoms with van der Waals surface area (Å²) in [7, 11) is 0. The molecule has 0 aliphatic rings. The van der Waals surface area contributed by atoms with E-state index in [-0.39, 0.29) is 330 Å². The first-order valence-corrected chi connectivity index (χ1v) is 27.2. The van der Waals surface area contributed by atoms with E-state index in [1.807, 2.05) is 0 Å². The van der Waals surface area contributed by atoms with Crippen LogP contribution >= 0.6 is 0 Å². The number of aliphatic hydroxyl groups excluding tert-OH is 16. The standard InChI is InChI=1S/C33H68O20.C17H36O12.16CH4/c34-1-9-42-17-29(18-43-10-2-35)50-25-33(26-51-30(19-44-11-3-36)20-45-12-4-37,27-52-31(21-46-13-5-38)22-47-14-6-39)28-53-32(23-48-15-7-40)24-49-16-8-41;18-1-13(2-19)26-9-17(10-27-14(3-20)4-21,11-28-15(5-22)6-23)12-29-16(7-24)8-25;;;;;;;;;;;;;;;;/h29-32,34-41H,1-28H2;13-16,18-25H,1-12H2;16*1H4. The monoisotopic (exact) mass is 1470 g/mol. The summed E-state index contributed by atoms with van der Waals surface area (Å²) in [5.41, 5.74) is -2.30. The summed E-state index contributed by atoms with van der Waals surface area (Å²) < 4.78 is 91.6. The summed E-state index contributed by atoms with van der Waals surface area (Å²) in [5.74, 6) is 0. The molecule has 0 bridgehead atoms. The van der Waals surface area contributed by atoms with Crippen LogP contribution in [0, 0.1) is 10.8 Å². The minimum atomic E-state index is -1.16. The van der Waals surface area contributed by atoms with Crippen LogP contribution in [0.5, 0.6) is 0 Å². The Bertz CT molecular complexity index is 1040. The summed E-state index contributed by atoms with van der Waals surface area (Å²) in [5, 5.41) is 148. The van der Waals surface area contributed by atoms with Crippen molar-refractivity contribution in [3.05, 3.63) is 0 Å². The molecule has 0 radical (unpaired) electrons. The molecule has 0 aliphatic carbocycles. The third-order valence-corrected chi connectivity index (χ3v) is 10.9. The molecule has 0 unspecified atom stereocenters. The van der Waals surface area contributed by atoms with Gasteiger partial charge in [-0.25, -0.2) is 0 Å². The van der Waals surface area contributed by atoms with Crippen LogP contribution < -0.4 is 0 Å². The molecule has 16 N–H and O–H groups in total. The molecule has 0 aromatic rings. The third kappa shape index (κ3) is 78.8. The quantitative estimate of drug-likeness (QED) is 0.0381. The van der Waals surface area contributed by atoms with Gasteiger partial charge in [0, 0.05) is 0 Å². The number of hydrogen-bond acceptors (Lipinski definition) is 32. The van der Waals surface area contributed by atoms with Crippen LogP contribution in [0.4, 0.5) is 0 Å². The van der Waals surface area contributed by atoms with Crippen molar-refractivity contribution in [2.75, 3.05) is 264 Å². The Labute approximate surface area is 598 Å². The van der Waals surface area contributed by atoms with Crippen LogP contribution in [0.15, 0.2) is 0 Å². The van der Waals surface area contributed by atoms with Gasteiger partial charge in [-0.05, 0) is 0 Å². The zero-order valence-electron chi connectivity index (χ0n) is 47.6. The van der Waals surface area contributed by atoms with E-state index in [1.165, 1.54) is 0 Å². The fourth-order valence-corrected chi connectivity index (χ4v) is 6.32. The van der Waals surface area contributed by atoms with Crippen LogP contribution in [-0.4, -0.2) is 395 Å². The van der Waals surface area contributed by atoms with Gasteiger partial charge < -0.3 is 157 Å². The average Bonchev–Trinajstić information content (AvgIpc) is 1.30. The fraction of sp³-hybridized carbons (Fsp3) is 1.00. The lowest BCUT2D eigenvalue weighted by atomic mass is 9.91. The highest BCUT2D eigenvalue weighted by Crippen LogP contribution is 2.26. The van der Waals surface area contributed by atoms with Crippen LogP contribution in [-0.2, 0) is 75.8 Å². The second kappa shape index (κ2) is 104. The van der Waals surface area contributed by atoms with Crippen molar-refractivity contribution in [2.45, 2.75) is 168 Å². The molecule has 32 nitrogen and oxygen atoms in total. The zero-order valence-corrected chi connectivity index (χ0v) is 47.6. The van der Waals surface area contributed by atoms with E-state index in [0.717, 1.165) is 0 Å². The second-order valence-electron chi connectivity index (χ2n) is 18.3. The first kappa shape index (κ1) is 143. The third-order valence-electron chi connectivity index (χ3n) is 10.9. The van der Waals surface area contributed by atoms with Crippen LogP contribution in [0.25, 0.3) is 0 Å². The number of rotatable bonds is 64. The zero-order chi connectivity index (χ0) is 61.2. The molecule has 0 heterocycles. The van der Waals surface area contributed by atoms with Gasteiger partial charge in [0.2, 0.25) is 0 Å². The molecule has 0 spiro atoms. The summed E-state index contributed by atoms with van der Waals surface area (Å²) in [6, 6.07) is 0. The molecule has 32 heteroatoms. The number of aliphatic hydroxyl groups is 16. The van der Waals surface area contributed by atoms with Crippen LogP contribution in [0.3, 0.4) is 0 Å². The Kier molecular flexibility index (Phi) is 152. The summed E-state index contributed by atoms with van der Waals surface area (Å²) in [6.45, 7) is -5.75. The predicted molar refractivity (Wildman–Crippen MR) is 390 cm³/mol. The molecule has 0 aliphatic heterocycles. The molecular formula is C66H168O32. The average molecular weight is 1470 g/mol. The van der Waals surface area contributed by atoms with Gasteiger partial charge in [0.1, 0.15) is 48.8 Å². The van der Waals surface area contributed by atoms with E-state index in [0.29, 0.717) is 0 Å². The van der Waals surface area contributed by atoms with Crippen molar-refractivity contribution in [3.63, 3.8) is 0 Å². The van der Waals surface area contributed by atoms with E-state index < -0.39 is 113 Å². The summed E-state index contributed by atoms with van der Waals surface area (Å²) in [4.78, 5) is 0. The smallest absolute Gasteiger partial charge is 0.104 e. The van der Waals surface area contributed by atoms with Crippen molar-refractivity contribution < 1.29 is 157 Å². The van der Waals surface area contributed by atoms with Gasteiger partial charge in [-0.3, -0.25) is 0 Å². The van der Waals surface area contributed by atoms with Gasteiger partial charge in [0.15, 0.2) is 0 Å².